The molecule has 1 heterocycles. The molecule has 0 saturated heterocycles. The summed E-state index contributed by atoms with van der Waals surface area (Å²) in [4.78, 5) is 0. The van der Waals surface area contributed by atoms with Crippen molar-refractivity contribution >= 4 is 0 Å². The van der Waals surface area contributed by atoms with Gasteiger partial charge in [-0.1, -0.05) is 37.5 Å². The number of rotatable bonds is 3. The van der Waals surface area contributed by atoms with Crippen LogP contribution in [0.15, 0.2) is 42.5 Å². The maximum atomic E-state index is 5.28. The van der Waals surface area contributed by atoms with Crippen molar-refractivity contribution in [1.29, 1.82) is 0 Å². The summed E-state index contributed by atoms with van der Waals surface area (Å²) in [5.74, 6) is 1.47. The monoisotopic (exact) mass is 320 g/mol. The Morgan fingerprint density at radius 2 is 1.67 bits per heavy atom. The van der Waals surface area contributed by atoms with Gasteiger partial charge in [0.25, 0.3) is 0 Å². The van der Waals surface area contributed by atoms with Crippen LogP contribution in [0.5, 0.6) is 5.75 Å². The van der Waals surface area contributed by atoms with Gasteiger partial charge in [0.05, 0.1) is 18.5 Å². The van der Waals surface area contributed by atoms with Gasteiger partial charge in [-0.2, -0.15) is 5.10 Å². The predicted molar refractivity (Wildman–Crippen MR) is 97.3 cm³/mol. The van der Waals surface area contributed by atoms with E-state index in [1.165, 1.54) is 54.6 Å². The quantitative estimate of drug-likeness (QED) is 0.651. The molecule has 0 aromatic heterocycles. The minimum Gasteiger partial charge on any atom is -0.497 e. The van der Waals surface area contributed by atoms with Gasteiger partial charge in [-0.05, 0) is 44.0 Å². The van der Waals surface area contributed by atoms with Gasteiger partial charge in [0.1, 0.15) is 5.75 Å². The van der Waals surface area contributed by atoms with E-state index in [0.29, 0.717) is 5.92 Å². The minimum absolute atomic E-state index is 0.591. The lowest BCUT2D eigenvalue weighted by molar-refractivity contribution is 0.414. The van der Waals surface area contributed by atoms with Gasteiger partial charge in [-0.3, -0.25) is 0 Å². The van der Waals surface area contributed by atoms with E-state index in [4.69, 9.17) is 9.84 Å². The van der Waals surface area contributed by atoms with Crippen molar-refractivity contribution in [3.8, 4) is 22.6 Å². The number of aromatic nitrogens is 2. The third-order valence-electron chi connectivity index (χ3n) is 5.32. The normalized spacial score (nSPS) is 15.8. The van der Waals surface area contributed by atoms with Crippen molar-refractivity contribution in [2.24, 2.45) is 0 Å². The second-order valence-electron chi connectivity index (χ2n) is 6.77. The Hall–Kier alpha value is -2.29. The second-order valence-corrected chi connectivity index (χ2v) is 6.77. The number of fused-ring (bicyclic) bond motifs is 1. The molecule has 0 amide bonds. The van der Waals surface area contributed by atoms with Crippen molar-refractivity contribution in [1.82, 2.24) is 9.78 Å². The molecule has 1 aromatic carbocycles. The number of ether oxygens (including phenoxy) is 1. The smallest absolute Gasteiger partial charge is 0.119 e. The Morgan fingerprint density at radius 1 is 0.958 bits per heavy atom. The molecule has 3 heteroatoms. The van der Waals surface area contributed by atoms with Gasteiger partial charge < -0.3 is 4.74 Å². The van der Waals surface area contributed by atoms with Crippen molar-refractivity contribution in [3.05, 3.63) is 53.9 Å². The molecule has 0 atom stereocenters. The van der Waals surface area contributed by atoms with E-state index in [-0.39, 0.29) is 0 Å². The highest BCUT2D eigenvalue weighted by Crippen LogP contribution is 2.39. The van der Waals surface area contributed by atoms with Crippen LogP contribution in [0.1, 0.15) is 49.4 Å². The van der Waals surface area contributed by atoms with Crippen molar-refractivity contribution in [3.63, 3.8) is 0 Å². The fourth-order valence-corrected chi connectivity index (χ4v) is 3.96. The van der Waals surface area contributed by atoms with E-state index >= 15 is 0 Å². The molecule has 1 aliphatic heterocycles. The molecule has 0 radical (unpaired) electrons. The average Bonchev–Trinajstić information content (AvgIpc) is 3.13. The summed E-state index contributed by atoms with van der Waals surface area (Å²) in [6.45, 7) is 2.16. The van der Waals surface area contributed by atoms with Crippen molar-refractivity contribution < 1.29 is 4.74 Å². The first-order valence-electron chi connectivity index (χ1n) is 8.90. The van der Waals surface area contributed by atoms with Crippen LogP contribution >= 0.6 is 0 Å². The Bertz CT molecular complexity index is 797. The van der Waals surface area contributed by atoms with Crippen LogP contribution in [0.4, 0.5) is 0 Å². The highest BCUT2D eigenvalue weighted by atomic mass is 16.5. The Kier molecular flexibility index (Phi) is 4.01. The first-order valence-corrected chi connectivity index (χ1v) is 8.90. The third kappa shape index (κ3) is 2.58. The highest BCUT2D eigenvalue weighted by molar-refractivity contribution is 5.72. The van der Waals surface area contributed by atoms with Crippen molar-refractivity contribution in [2.45, 2.75) is 44.9 Å². The molecule has 1 fully saturated rings. The summed E-state index contributed by atoms with van der Waals surface area (Å²) in [5, 5.41) is 5.10. The van der Waals surface area contributed by atoms with E-state index < -0.39 is 0 Å². The molecule has 0 unspecified atom stereocenters. The van der Waals surface area contributed by atoms with E-state index in [1.54, 1.807) is 7.11 Å². The Labute approximate surface area is 143 Å². The van der Waals surface area contributed by atoms with Gasteiger partial charge in [0.15, 0.2) is 0 Å². The van der Waals surface area contributed by atoms with Gasteiger partial charge in [0.2, 0.25) is 0 Å². The molecule has 0 spiro atoms. The first-order chi connectivity index (χ1) is 11.8. The largest absolute Gasteiger partial charge is 0.497 e. The van der Waals surface area contributed by atoms with Crippen LogP contribution in [0.25, 0.3) is 16.8 Å². The number of hydrogen-bond donors (Lipinski definition) is 0. The number of hydrogen-bond acceptors (Lipinski definition) is 2. The molecule has 3 nitrogen and oxygen atoms in total. The summed E-state index contributed by atoms with van der Waals surface area (Å²) in [5.41, 5.74) is 6.22. The molecule has 1 saturated carbocycles. The number of methoxy groups -OCH3 is 1. The molecule has 2 aliphatic carbocycles. The molecular weight excluding hydrogens is 296 g/mol. The lowest BCUT2D eigenvalue weighted by Crippen LogP contribution is -2.15. The van der Waals surface area contributed by atoms with Crippen LogP contribution in [-0.4, -0.2) is 16.9 Å². The topological polar surface area (TPSA) is 27.1 Å². The summed E-state index contributed by atoms with van der Waals surface area (Å²) in [7, 11) is 1.70. The summed E-state index contributed by atoms with van der Waals surface area (Å²) < 4.78 is 7.39. The molecule has 3 aliphatic rings. The molecule has 4 rings (SSSR count). The van der Waals surface area contributed by atoms with E-state index in [2.05, 4.69) is 41.9 Å². The maximum absolute atomic E-state index is 5.28. The minimum atomic E-state index is 0.591. The van der Waals surface area contributed by atoms with E-state index in [0.717, 1.165) is 11.4 Å². The molecule has 0 bridgehead atoms. The van der Waals surface area contributed by atoms with Gasteiger partial charge >= 0.3 is 0 Å². The second kappa shape index (κ2) is 6.31. The molecule has 124 valence electrons. The molecule has 0 N–H and O–H groups in total. The summed E-state index contributed by atoms with van der Waals surface area (Å²) in [6.07, 6.45) is 6.54. The van der Waals surface area contributed by atoms with Crippen LogP contribution < -0.4 is 4.74 Å². The fraction of sp³-hybridized carbons (Fsp3) is 0.381. The van der Waals surface area contributed by atoms with E-state index in [9.17, 15) is 0 Å². The summed E-state index contributed by atoms with van der Waals surface area (Å²) in [6, 6.07) is 14.8. The first kappa shape index (κ1) is 15.3. The lowest BCUT2D eigenvalue weighted by Gasteiger charge is -2.25. The molecule has 24 heavy (non-hydrogen) atoms. The zero-order chi connectivity index (χ0) is 16.5. The number of nitrogens with zero attached hydrogens (tertiary/aromatic N) is 2. The molecule has 1 aromatic rings. The maximum Gasteiger partial charge on any atom is 0.119 e. The highest BCUT2D eigenvalue weighted by Gasteiger charge is 2.24. The lowest BCUT2D eigenvalue weighted by atomic mass is 9.84. The van der Waals surface area contributed by atoms with Crippen LogP contribution in [0.3, 0.4) is 0 Å². The zero-order valence-corrected chi connectivity index (χ0v) is 14.5. The summed E-state index contributed by atoms with van der Waals surface area (Å²) >= 11 is 0. The van der Waals surface area contributed by atoms with Gasteiger partial charge in [-0.25, -0.2) is 4.68 Å². The fourth-order valence-electron chi connectivity index (χ4n) is 3.96. The van der Waals surface area contributed by atoms with Gasteiger partial charge in [0, 0.05) is 22.7 Å². The van der Waals surface area contributed by atoms with Crippen LogP contribution in [-0.2, 0) is 0 Å². The SMILES string of the molecule is COc1ccc(-n2nc(C3CCCCC3)c3cccc-3c2C)cc1. The Balaban J connectivity index is 1.85. The van der Waals surface area contributed by atoms with Crippen molar-refractivity contribution in [2.75, 3.05) is 7.11 Å². The predicted octanol–water partition coefficient (Wildman–Crippen LogP) is 5.34. The van der Waals surface area contributed by atoms with Gasteiger partial charge in [-0.15, -0.1) is 0 Å². The Morgan fingerprint density at radius 3 is 2.38 bits per heavy atom. The molecular formula is C21H24N2O. The van der Waals surface area contributed by atoms with E-state index in [1.807, 2.05) is 12.1 Å². The standard InChI is InChI=1S/C21H24N2O/c1-15-19-9-6-10-20(19)21(16-7-4-3-5-8-16)22-23(15)17-11-13-18(24-2)14-12-17/h6,9-14,16H,3-5,7-8H2,1-2H3. The average molecular weight is 320 g/mol. The zero-order valence-electron chi connectivity index (χ0n) is 14.5. The number of benzene rings is 1. The van der Waals surface area contributed by atoms with Crippen LogP contribution in [0.2, 0.25) is 0 Å². The third-order valence-corrected chi connectivity index (χ3v) is 5.32. The van der Waals surface area contributed by atoms with Crippen LogP contribution in [0, 0.1) is 6.92 Å².